The highest BCUT2D eigenvalue weighted by molar-refractivity contribution is 5.94. The minimum Gasteiger partial charge on any atom is -0.339 e. The second-order valence-corrected chi connectivity index (χ2v) is 7.03. The normalized spacial score (nSPS) is 18.2. The van der Waals surface area contributed by atoms with Crippen molar-refractivity contribution in [2.75, 3.05) is 19.6 Å². The van der Waals surface area contributed by atoms with E-state index < -0.39 is 29.0 Å². The highest BCUT2D eigenvalue weighted by Gasteiger charge is 2.37. The molecule has 4 rings (SSSR count). The van der Waals surface area contributed by atoms with Gasteiger partial charge in [0.1, 0.15) is 17.5 Å². The highest BCUT2D eigenvalue weighted by Crippen LogP contribution is 2.33. The van der Waals surface area contributed by atoms with Gasteiger partial charge in [0.2, 0.25) is 0 Å². The summed E-state index contributed by atoms with van der Waals surface area (Å²) in [5.74, 6) is -0.343. The van der Waals surface area contributed by atoms with Gasteiger partial charge >= 0.3 is 6.18 Å². The molecule has 1 amide bonds. The van der Waals surface area contributed by atoms with Crippen LogP contribution in [0.15, 0.2) is 18.2 Å². The Kier molecular flexibility index (Phi) is 4.82. The lowest BCUT2D eigenvalue weighted by Gasteiger charge is -2.32. The molecule has 150 valence electrons. The van der Waals surface area contributed by atoms with Crippen LogP contribution in [0.3, 0.4) is 0 Å². The molecule has 10 heteroatoms. The Morgan fingerprint density at radius 2 is 1.89 bits per heavy atom. The minimum absolute atomic E-state index is 0.120. The molecule has 0 atom stereocenters. The van der Waals surface area contributed by atoms with Crippen molar-refractivity contribution in [1.82, 2.24) is 25.0 Å². The van der Waals surface area contributed by atoms with Gasteiger partial charge in [0, 0.05) is 32.1 Å². The monoisotopic (exact) mass is 397 g/mol. The van der Waals surface area contributed by atoms with Crippen molar-refractivity contribution < 1.29 is 22.4 Å². The van der Waals surface area contributed by atoms with Crippen LogP contribution in [-0.4, -0.2) is 45.2 Å². The van der Waals surface area contributed by atoms with E-state index in [1.165, 1.54) is 4.90 Å². The number of carbonyl (C=O) groups is 1. The standard InChI is InChI=1S/C18H19F4N5O/c19-15-12(2-1-3-13(15)18(20,21)22)17(28)26-7-4-11(5-8-26)16-25-24-14-10-23-6-9-27(14)16/h1-3,11,23H,4-10H2. The van der Waals surface area contributed by atoms with E-state index in [2.05, 4.69) is 20.1 Å². The van der Waals surface area contributed by atoms with Crippen LogP contribution in [0.1, 0.15) is 46.3 Å². The predicted octanol–water partition coefficient (Wildman–Crippen LogP) is 2.56. The number of nitrogens with one attached hydrogen (secondary N) is 1. The molecule has 1 saturated heterocycles. The molecule has 0 radical (unpaired) electrons. The number of carbonyl (C=O) groups excluding carboxylic acids is 1. The summed E-state index contributed by atoms with van der Waals surface area (Å²) in [7, 11) is 0. The fraction of sp³-hybridized carbons (Fsp3) is 0.500. The van der Waals surface area contributed by atoms with Gasteiger partial charge in [-0.1, -0.05) is 6.07 Å². The summed E-state index contributed by atoms with van der Waals surface area (Å²) in [6, 6.07) is 2.80. The SMILES string of the molecule is O=C(c1cccc(C(F)(F)F)c1F)N1CCC(c2nnc3n2CCNC3)CC1. The number of aromatic nitrogens is 3. The first kappa shape index (κ1) is 18.9. The number of likely N-dealkylation sites (tertiary alicyclic amines) is 1. The fourth-order valence-electron chi connectivity index (χ4n) is 3.84. The van der Waals surface area contributed by atoms with Crippen molar-refractivity contribution in [2.24, 2.45) is 0 Å². The number of benzene rings is 1. The maximum atomic E-state index is 14.3. The molecule has 0 spiro atoms. The number of piperidine rings is 1. The number of hydrogen-bond acceptors (Lipinski definition) is 4. The fourth-order valence-corrected chi connectivity index (χ4v) is 3.84. The zero-order chi connectivity index (χ0) is 19.9. The number of amides is 1. The molecular weight excluding hydrogens is 378 g/mol. The quantitative estimate of drug-likeness (QED) is 0.792. The van der Waals surface area contributed by atoms with Gasteiger partial charge in [0.25, 0.3) is 5.91 Å². The molecule has 2 aliphatic rings. The van der Waals surface area contributed by atoms with Crippen molar-refractivity contribution in [3.8, 4) is 0 Å². The van der Waals surface area contributed by atoms with E-state index in [-0.39, 0.29) is 5.92 Å². The summed E-state index contributed by atoms with van der Waals surface area (Å²) in [5.41, 5.74) is -1.96. The van der Waals surface area contributed by atoms with E-state index >= 15 is 0 Å². The molecule has 1 N–H and O–H groups in total. The number of hydrogen-bond donors (Lipinski definition) is 1. The van der Waals surface area contributed by atoms with Crippen molar-refractivity contribution >= 4 is 5.91 Å². The molecule has 1 aromatic carbocycles. The Morgan fingerprint density at radius 1 is 1.14 bits per heavy atom. The maximum absolute atomic E-state index is 14.3. The summed E-state index contributed by atoms with van der Waals surface area (Å²) in [6.45, 7) is 2.95. The van der Waals surface area contributed by atoms with Crippen molar-refractivity contribution in [2.45, 2.75) is 38.0 Å². The lowest BCUT2D eigenvalue weighted by Crippen LogP contribution is -2.39. The van der Waals surface area contributed by atoms with Crippen molar-refractivity contribution in [3.63, 3.8) is 0 Å². The first-order chi connectivity index (χ1) is 13.4. The molecular formula is C18H19F4N5O. The van der Waals surface area contributed by atoms with Crippen LogP contribution in [0.25, 0.3) is 0 Å². The van der Waals surface area contributed by atoms with Gasteiger partial charge in [-0.25, -0.2) is 4.39 Å². The van der Waals surface area contributed by atoms with Crippen molar-refractivity contribution in [1.29, 1.82) is 0 Å². The van der Waals surface area contributed by atoms with Crippen LogP contribution in [0.2, 0.25) is 0 Å². The molecule has 2 aromatic rings. The van der Waals surface area contributed by atoms with E-state index in [1.807, 2.05) is 0 Å². The molecule has 28 heavy (non-hydrogen) atoms. The molecule has 1 fully saturated rings. The third-order valence-electron chi connectivity index (χ3n) is 5.33. The molecule has 0 unspecified atom stereocenters. The predicted molar refractivity (Wildman–Crippen MR) is 91.0 cm³/mol. The Labute approximate surface area is 158 Å². The molecule has 0 saturated carbocycles. The first-order valence-electron chi connectivity index (χ1n) is 9.14. The lowest BCUT2D eigenvalue weighted by atomic mass is 9.95. The van der Waals surface area contributed by atoms with E-state index in [4.69, 9.17) is 0 Å². The van der Waals surface area contributed by atoms with Crippen molar-refractivity contribution in [3.05, 3.63) is 46.8 Å². The van der Waals surface area contributed by atoms with Crippen LogP contribution in [0.4, 0.5) is 17.6 Å². The molecule has 6 nitrogen and oxygen atoms in total. The van der Waals surface area contributed by atoms with Crippen LogP contribution in [-0.2, 0) is 19.3 Å². The van der Waals surface area contributed by atoms with Gasteiger partial charge in [-0.05, 0) is 25.0 Å². The van der Waals surface area contributed by atoms with Gasteiger partial charge in [0.05, 0.1) is 17.7 Å². The van der Waals surface area contributed by atoms with Crippen LogP contribution < -0.4 is 5.32 Å². The van der Waals surface area contributed by atoms with Gasteiger partial charge in [0.15, 0.2) is 0 Å². The highest BCUT2D eigenvalue weighted by atomic mass is 19.4. The Morgan fingerprint density at radius 3 is 2.61 bits per heavy atom. The average molecular weight is 397 g/mol. The van der Waals surface area contributed by atoms with E-state index in [0.29, 0.717) is 38.5 Å². The molecule has 3 heterocycles. The van der Waals surface area contributed by atoms with Gasteiger partial charge in [-0.3, -0.25) is 4.79 Å². The van der Waals surface area contributed by atoms with Crippen LogP contribution in [0.5, 0.6) is 0 Å². The summed E-state index contributed by atoms with van der Waals surface area (Å²) in [5, 5.41) is 11.7. The number of nitrogens with zero attached hydrogens (tertiary/aromatic N) is 4. The summed E-state index contributed by atoms with van der Waals surface area (Å²) < 4.78 is 55.0. The van der Waals surface area contributed by atoms with Gasteiger partial charge < -0.3 is 14.8 Å². The largest absolute Gasteiger partial charge is 0.419 e. The lowest BCUT2D eigenvalue weighted by molar-refractivity contribution is -0.140. The van der Waals surface area contributed by atoms with E-state index in [1.54, 1.807) is 0 Å². The smallest absolute Gasteiger partial charge is 0.339 e. The van der Waals surface area contributed by atoms with Gasteiger partial charge in [-0.15, -0.1) is 10.2 Å². The number of fused-ring (bicyclic) bond motifs is 1. The maximum Gasteiger partial charge on any atom is 0.419 e. The number of rotatable bonds is 2. The molecule has 2 aliphatic heterocycles. The molecule has 0 aliphatic carbocycles. The van der Waals surface area contributed by atoms with E-state index in [0.717, 1.165) is 36.9 Å². The zero-order valence-corrected chi connectivity index (χ0v) is 15.0. The second-order valence-electron chi connectivity index (χ2n) is 7.03. The summed E-state index contributed by atoms with van der Waals surface area (Å²) in [6.07, 6.45) is -3.62. The third kappa shape index (κ3) is 3.36. The Balaban J connectivity index is 1.47. The number of alkyl halides is 3. The molecule has 0 bridgehead atoms. The summed E-state index contributed by atoms with van der Waals surface area (Å²) in [4.78, 5) is 14.0. The third-order valence-corrected chi connectivity index (χ3v) is 5.33. The van der Waals surface area contributed by atoms with E-state index in [9.17, 15) is 22.4 Å². The average Bonchev–Trinajstić information content (AvgIpc) is 3.11. The summed E-state index contributed by atoms with van der Waals surface area (Å²) >= 11 is 0. The zero-order valence-electron chi connectivity index (χ0n) is 15.0. The van der Waals surface area contributed by atoms with Crippen LogP contribution >= 0.6 is 0 Å². The topological polar surface area (TPSA) is 63.1 Å². The Bertz CT molecular complexity index is 887. The first-order valence-corrected chi connectivity index (χ1v) is 9.14. The van der Waals surface area contributed by atoms with Crippen LogP contribution in [0, 0.1) is 5.82 Å². The second kappa shape index (κ2) is 7.16. The number of halogens is 4. The molecule has 1 aromatic heterocycles. The van der Waals surface area contributed by atoms with Gasteiger partial charge in [-0.2, -0.15) is 13.2 Å². The Hall–Kier alpha value is -2.49. The minimum atomic E-state index is -4.84.